The van der Waals surface area contributed by atoms with Crippen molar-refractivity contribution in [3.05, 3.63) is 18.2 Å². The number of nitrogens with zero attached hydrogens (tertiary/aromatic N) is 2. The topological polar surface area (TPSA) is 85.3 Å². The van der Waals surface area contributed by atoms with Crippen LogP contribution in [-0.2, 0) is 14.6 Å². The van der Waals surface area contributed by atoms with Crippen LogP contribution in [0.4, 0.5) is 5.69 Å². The highest BCUT2D eigenvalue weighted by Gasteiger charge is 2.50. The zero-order valence-electron chi connectivity index (χ0n) is 15.8. The molecule has 9 heteroatoms. The van der Waals surface area contributed by atoms with Gasteiger partial charge in [-0.1, -0.05) is 25.6 Å². The molecule has 2 atom stereocenters. The van der Waals surface area contributed by atoms with E-state index < -0.39 is 9.84 Å². The summed E-state index contributed by atoms with van der Waals surface area (Å²) in [6.45, 7) is 3.93. The molecule has 1 aromatic carbocycles. The van der Waals surface area contributed by atoms with E-state index in [1.807, 2.05) is 24.8 Å². The minimum atomic E-state index is -3.12. The maximum absolute atomic E-state index is 12.3. The lowest BCUT2D eigenvalue weighted by molar-refractivity contribution is -0.118. The van der Waals surface area contributed by atoms with Gasteiger partial charge in [-0.05, 0) is 18.1 Å². The van der Waals surface area contributed by atoms with Gasteiger partial charge in [0.25, 0.3) is 0 Å². The number of hydrogen-bond donors (Lipinski definition) is 0. The van der Waals surface area contributed by atoms with E-state index in [0.717, 1.165) is 0 Å². The first kappa shape index (κ1) is 20.0. The number of rotatable bonds is 5. The van der Waals surface area contributed by atoms with Crippen LogP contribution in [0.5, 0.6) is 11.5 Å². The van der Waals surface area contributed by atoms with Gasteiger partial charge in [0.2, 0.25) is 5.91 Å². The van der Waals surface area contributed by atoms with Crippen LogP contribution in [0.15, 0.2) is 23.2 Å². The van der Waals surface area contributed by atoms with E-state index in [-0.39, 0.29) is 34.6 Å². The number of hydrogen-bond acceptors (Lipinski definition) is 6. The van der Waals surface area contributed by atoms with E-state index >= 15 is 0 Å². The number of benzene rings is 1. The van der Waals surface area contributed by atoms with Crippen LogP contribution in [0.3, 0.4) is 0 Å². The monoisotopic (exact) mass is 412 g/mol. The second-order valence-electron chi connectivity index (χ2n) is 7.09. The van der Waals surface area contributed by atoms with Gasteiger partial charge in [0.1, 0.15) is 11.5 Å². The van der Waals surface area contributed by atoms with Gasteiger partial charge in [0.05, 0.1) is 37.5 Å². The van der Waals surface area contributed by atoms with Crippen molar-refractivity contribution in [1.82, 2.24) is 0 Å². The van der Waals surface area contributed by atoms with Crippen LogP contribution in [0, 0.1) is 5.92 Å². The molecule has 0 aliphatic carbocycles. The summed E-state index contributed by atoms with van der Waals surface area (Å²) >= 11 is 1.36. The summed E-state index contributed by atoms with van der Waals surface area (Å²) in [4.78, 5) is 18.4. The zero-order valence-corrected chi connectivity index (χ0v) is 17.5. The second kappa shape index (κ2) is 7.71. The summed E-state index contributed by atoms with van der Waals surface area (Å²) in [5.41, 5.74) is 0.687. The van der Waals surface area contributed by atoms with Crippen LogP contribution in [0.25, 0.3) is 0 Å². The molecule has 0 unspecified atom stereocenters. The molecule has 7 nitrogen and oxygen atoms in total. The molecule has 0 spiro atoms. The number of fused-ring (bicyclic) bond motifs is 1. The summed E-state index contributed by atoms with van der Waals surface area (Å²) in [5, 5.41) is 0.390. The van der Waals surface area contributed by atoms with E-state index in [2.05, 4.69) is 4.99 Å². The Morgan fingerprint density at radius 2 is 2.04 bits per heavy atom. The zero-order chi connectivity index (χ0) is 19.8. The Hall–Kier alpha value is -1.74. The lowest BCUT2D eigenvalue weighted by Crippen LogP contribution is -2.38. The Kier molecular flexibility index (Phi) is 5.71. The first-order valence-electron chi connectivity index (χ1n) is 8.74. The predicted octanol–water partition coefficient (Wildman–Crippen LogP) is 2.35. The fraction of sp³-hybridized carbons (Fsp3) is 0.556. The van der Waals surface area contributed by atoms with Crippen molar-refractivity contribution in [1.29, 1.82) is 0 Å². The van der Waals surface area contributed by atoms with Crippen LogP contribution < -0.4 is 14.4 Å². The van der Waals surface area contributed by atoms with E-state index in [1.54, 1.807) is 26.4 Å². The molecule has 2 aliphatic heterocycles. The average molecular weight is 413 g/mol. The number of thioether (sulfide) groups is 1. The Labute approximate surface area is 164 Å². The van der Waals surface area contributed by atoms with Gasteiger partial charge in [-0.3, -0.25) is 4.79 Å². The first-order valence-corrected chi connectivity index (χ1v) is 11.4. The normalized spacial score (nSPS) is 25.1. The molecule has 1 amide bonds. The number of anilines is 1. The number of carbonyl (C=O) groups is 1. The molecule has 2 heterocycles. The number of carbonyl (C=O) groups excluding carboxylic acids is 1. The number of sulfone groups is 1. The lowest BCUT2D eigenvalue weighted by Gasteiger charge is -2.26. The SMILES string of the molecule is COc1ccc(N2C(=NC(=O)CC(C)C)S[C@H]3CS(=O)(=O)C[C@@H]32)c(OC)c1. The van der Waals surface area contributed by atoms with Crippen LogP contribution in [0.1, 0.15) is 20.3 Å². The molecular weight excluding hydrogens is 388 g/mol. The second-order valence-corrected chi connectivity index (χ2v) is 10.5. The summed E-state index contributed by atoms with van der Waals surface area (Å²) in [7, 11) is -0.00427. The van der Waals surface area contributed by atoms with Crippen molar-refractivity contribution in [3.8, 4) is 11.5 Å². The highest BCUT2D eigenvalue weighted by atomic mass is 32.2. The first-order chi connectivity index (χ1) is 12.7. The molecule has 0 saturated carbocycles. The maximum atomic E-state index is 12.3. The van der Waals surface area contributed by atoms with Gasteiger partial charge in [0, 0.05) is 17.7 Å². The van der Waals surface area contributed by atoms with Crippen molar-refractivity contribution in [2.75, 3.05) is 30.6 Å². The maximum Gasteiger partial charge on any atom is 0.248 e. The number of ether oxygens (including phenoxy) is 2. The molecular formula is C18H24N2O5S2. The van der Waals surface area contributed by atoms with Crippen LogP contribution >= 0.6 is 11.8 Å². The molecule has 0 N–H and O–H groups in total. The molecule has 27 heavy (non-hydrogen) atoms. The highest BCUT2D eigenvalue weighted by molar-refractivity contribution is 8.16. The number of amidine groups is 1. The van der Waals surface area contributed by atoms with Crippen molar-refractivity contribution in [2.45, 2.75) is 31.6 Å². The van der Waals surface area contributed by atoms with Crippen LogP contribution in [-0.4, -0.2) is 56.5 Å². The molecule has 148 valence electrons. The highest BCUT2D eigenvalue weighted by Crippen LogP contribution is 2.44. The van der Waals surface area contributed by atoms with E-state index in [9.17, 15) is 13.2 Å². The molecule has 2 fully saturated rings. The van der Waals surface area contributed by atoms with Crippen LogP contribution in [0.2, 0.25) is 0 Å². The lowest BCUT2D eigenvalue weighted by atomic mass is 10.1. The smallest absolute Gasteiger partial charge is 0.248 e. The Balaban J connectivity index is 2.03. The molecule has 2 aliphatic rings. The molecule has 0 bridgehead atoms. The van der Waals surface area contributed by atoms with Gasteiger partial charge in [0.15, 0.2) is 15.0 Å². The molecule has 0 radical (unpaired) electrons. The average Bonchev–Trinajstić information content (AvgIpc) is 3.04. The number of aliphatic imine (C=N–C) groups is 1. The van der Waals surface area contributed by atoms with Crippen molar-refractivity contribution >= 4 is 38.4 Å². The minimum Gasteiger partial charge on any atom is -0.497 e. The quantitative estimate of drug-likeness (QED) is 0.734. The van der Waals surface area contributed by atoms with Crippen molar-refractivity contribution < 1.29 is 22.7 Å². The summed E-state index contributed by atoms with van der Waals surface area (Å²) in [5.74, 6) is 1.31. The standard InChI is InChI=1S/C18H24N2O5S2/c1-11(2)7-17(21)19-18-20(14-9-27(22,23)10-16(14)26-18)13-6-5-12(24-3)8-15(13)25-4/h5-6,8,11,14,16H,7,9-10H2,1-4H3/t14-,16-/m0/s1. The Morgan fingerprint density at radius 1 is 1.30 bits per heavy atom. The molecule has 1 aromatic rings. The van der Waals surface area contributed by atoms with Gasteiger partial charge < -0.3 is 14.4 Å². The third-order valence-corrected chi connectivity index (χ3v) is 7.73. The summed E-state index contributed by atoms with van der Waals surface area (Å²) in [6.07, 6.45) is 0.352. The third kappa shape index (κ3) is 4.24. The summed E-state index contributed by atoms with van der Waals surface area (Å²) in [6, 6.07) is 5.07. The molecule has 3 rings (SSSR count). The van der Waals surface area contributed by atoms with Gasteiger partial charge in [-0.15, -0.1) is 0 Å². The van der Waals surface area contributed by atoms with Crippen molar-refractivity contribution in [2.24, 2.45) is 10.9 Å². The number of methoxy groups -OCH3 is 2. The van der Waals surface area contributed by atoms with Gasteiger partial charge >= 0.3 is 0 Å². The largest absolute Gasteiger partial charge is 0.497 e. The van der Waals surface area contributed by atoms with E-state index in [1.165, 1.54) is 11.8 Å². The molecule has 0 aromatic heterocycles. The molecule has 2 saturated heterocycles. The van der Waals surface area contributed by atoms with Gasteiger partial charge in [-0.2, -0.15) is 4.99 Å². The Morgan fingerprint density at radius 3 is 2.67 bits per heavy atom. The van der Waals surface area contributed by atoms with E-state index in [0.29, 0.717) is 28.8 Å². The third-order valence-electron chi connectivity index (χ3n) is 4.52. The summed E-state index contributed by atoms with van der Waals surface area (Å²) < 4.78 is 35.0. The fourth-order valence-corrected chi connectivity index (χ4v) is 7.26. The van der Waals surface area contributed by atoms with Gasteiger partial charge in [-0.25, -0.2) is 8.42 Å². The minimum absolute atomic E-state index is 0.0389. The Bertz CT molecular complexity index is 867. The fourth-order valence-electron chi connectivity index (χ4n) is 3.33. The number of amides is 1. The predicted molar refractivity (Wildman–Crippen MR) is 108 cm³/mol. The van der Waals surface area contributed by atoms with E-state index in [4.69, 9.17) is 9.47 Å². The van der Waals surface area contributed by atoms with Crippen molar-refractivity contribution in [3.63, 3.8) is 0 Å².